The summed E-state index contributed by atoms with van der Waals surface area (Å²) >= 11 is 0. The molecule has 0 unspecified atom stereocenters. The number of aryl methyl sites for hydroxylation is 1. The summed E-state index contributed by atoms with van der Waals surface area (Å²) in [6.45, 7) is 4.99. The summed E-state index contributed by atoms with van der Waals surface area (Å²) in [4.78, 5) is 0. The lowest BCUT2D eigenvalue weighted by Gasteiger charge is -2.12. The molecule has 1 aromatic heterocycles. The molecule has 0 radical (unpaired) electrons. The minimum absolute atomic E-state index is 0.780. The Bertz CT molecular complexity index is 587. The average Bonchev–Trinajstić information content (AvgIpc) is 2.74. The van der Waals surface area contributed by atoms with E-state index < -0.39 is 0 Å². The Morgan fingerprint density at radius 2 is 2.00 bits per heavy atom. The van der Waals surface area contributed by atoms with Crippen molar-refractivity contribution in [1.82, 2.24) is 15.1 Å². The van der Waals surface area contributed by atoms with Crippen LogP contribution in [0.4, 0.5) is 0 Å². The standard InChI is InChI=1S/C15H21N3O/c1-10-11(2)15(19-5)7-6-13(10)14-8-12(9-16-3)17-18(14)4/h6-8,16H,9H2,1-5H3. The summed E-state index contributed by atoms with van der Waals surface area (Å²) in [5.74, 6) is 0.930. The van der Waals surface area contributed by atoms with E-state index in [2.05, 4.69) is 36.4 Å². The molecule has 0 bridgehead atoms. The first-order valence-corrected chi connectivity index (χ1v) is 6.40. The Hall–Kier alpha value is -1.81. The highest BCUT2D eigenvalue weighted by Crippen LogP contribution is 2.31. The molecule has 0 aliphatic heterocycles. The van der Waals surface area contributed by atoms with Gasteiger partial charge < -0.3 is 10.1 Å². The SMILES string of the molecule is CNCc1cc(-c2ccc(OC)c(C)c2C)n(C)n1. The summed E-state index contributed by atoms with van der Waals surface area (Å²) in [5, 5.41) is 7.64. The number of aromatic nitrogens is 2. The fourth-order valence-corrected chi connectivity index (χ4v) is 2.34. The molecule has 2 aromatic rings. The molecule has 0 aliphatic rings. The zero-order chi connectivity index (χ0) is 14.0. The maximum atomic E-state index is 5.36. The van der Waals surface area contributed by atoms with E-state index in [1.165, 1.54) is 16.7 Å². The van der Waals surface area contributed by atoms with Crippen LogP contribution in [0, 0.1) is 13.8 Å². The van der Waals surface area contributed by atoms with Gasteiger partial charge in [-0.2, -0.15) is 5.10 Å². The highest BCUT2D eigenvalue weighted by molar-refractivity contribution is 5.67. The van der Waals surface area contributed by atoms with Crippen LogP contribution in [0.1, 0.15) is 16.8 Å². The van der Waals surface area contributed by atoms with Gasteiger partial charge in [0.25, 0.3) is 0 Å². The predicted molar refractivity (Wildman–Crippen MR) is 77.4 cm³/mol. The van der Waals surface area contributed by atoms with Crippen molar-refractivity contribution in [3.05, 3.63) is 35.0 Å². The lowest BCUT2D eigenvalue weighted by molar-refractivity contribution is 0.411. The third kappa shape index (κ3) is 2.49. The van der Waals surface area contributed by atoms with Crippen LogP contribution in [0.15, 0.2) is 18.2 Å². The Balaban J connectivity index is 2.50. The molecule has 1 N–H and O–H groups in total. The maximum Gasteiger partial charge on any atom is 0.122 e. The third-order valence-corrected chi connectivity index (χ3v) is 3.52. The van der Waals surface area contributed by atoms with Crippen molar-refractivity contribution in [3.8, 4) is 17.0 Å². The first-order chi connectivity index (χ1) is 9.08. The van der Waals surface area contributed by atoms with Crippen LogP contribution < -0.4 is 10.1 Å². The van der Waals surface area contributed by atoms with E-state index in [0.29, 0.717) is 0 Å². The smallest absolute Gasteiger partial charge is 0.122 e. The maximum absolute atomic E-state index is 5.36. The Kier molecular flexibility index (Phi) is 3.90. The van der Waals surface area contributed by atoms with Crippen molar-refractivity contribution < 1.29 is 4.74 Å². The largest absolute Gasteiger partial charge is 0.496 e. The number of ether oxygens (including phenoxy) is 1. The van der Waals surface area contributed by atoms with E-state index in [9.17, 15) is 0 Å². The van der Waals surface area contributed by atoms with Gasteiger partial charge in [0.2, 0.25) is 0 Å². The van der Waals surface area contributed by atoms with Crippen molar-refractivity contribution in [3.63, 3.8) is 0 Å². The molecular formula is C15H21N3O. The van der Waals surface area contributed by atoms with Gasteiger partial charge in [-0.1, -0.05) is 0 Å². The van der Waals surface area contributed by atoms with E-state index in [1.54, 1.807) is 7.11 Å². The van der Waals surface area contributed by atoms with Crippen LogP contribution in [0.3, 0.4) is 0 Å². The van der Waals surface area contributed by atoms with Gasteiger partial charge in [-0.3, -0.25) is 4.68 Å². The van der Waals surface area contributed by atoms with E-state index in [0.717, 1.165) is 23.7 Å². The highest BCUT2D eigenvalue weighted by atomic mass is 16.5. The van der Waals surface area contributed by atoms with Crippen molar-refractivity contribution in [2.24, 2.45) is 7.05 Å². The molecule has 4 heteroatoms. The van der Waals surface area contributed by atoms with Gasteiger partial charge in [0.05, 0.1) is 18.5 Å². The summed E-state index contributed by atoms with van der Waals surface area (Å²) in [6, 6.07) is 6.24. The lowest BCUT2D eigenvalue weighted by atomic mass is 10.00. The monoisotopic (exact) mass is 259 g/mol. The molecule has 0 saturated heterocycles. The van der Waals surface area contributed by atoms with E-state index in [-0.39, 0.29) is 0 Å². The summed E-state index contributed by atoms with van der Waals surface area (Å²) in [5.41, 5.74) is 5.80. The number of nitrogens with zero attached hydrogens (tertiary/aromatic N) is 2. The fourth-order valence-electron chi connectivity index (χ4n) is 2.34. The topological polar surface area (TPSA) is 39.1 Å². The Morgan fingerprint density at radius 3 is 2.63 bits per heavy atom. The minimum Gasteiger partial charge on any atom is -0.496 e. The zero-order valence-electron chi connectivity index (χ0n) is 12.2. The molecule has 0 saturated carbocycles. The van der Waals surface area contributed by atoms with Crippen LogP contribution in [0.2, 0.25) is 0 Å². The highest BCUT2D eigenvalue weighted by Gasteiger charge is 2.12. The zero-order valence-corrected chi connectivity index (χ0v) is 12.2. The van der Waals surface area contributed by atoms with Crippen LogP contribution in [-0.4, -0.2) is 23.9 Å². The second-order valence-electron chi connectivity index (χ2n) is 4.74. The number of hydrogen-bond acceptors (Lipinski definition) is 3. The van der Waals surface area contributed by atoms with E-state index in [4.69, 9.17) is 4.74 Å². The second-order valence-corrected chi connectivity index (χ2v) is 4.74. The first-order valence-electron chi connectivity index (χ1n) is 6.40. The molecule has 0 atom stereocenters. The number of rotatable bonds is 4. The second kappa shape index (κ2) is 5.45. The van der Waals surface area contributed by atoms with Crippen LogP contribution in [0.25, 0.3) is 11.3 Å². The fraction of sp³-hybridized carbons (Fsp3) is 0.400. The molecule has 0 aliphatic carbocycles. The minimum atomic E-state index is 0.780. The number of hydrogen-bond donors (Lipinski definition) is 1. The van der Waals surface area contributed by atoms with Gasteiger partial charge in [-0.15, -0.1) is 0 Å². The number of benzene rings is 1. The molecule has 4 nitrogen and oxygen atoms in total. The predicted octanol–water partition coefficient (Wildman–Crippen LogP) is 2.43. The van der Waals surface area contributed by atoms with Crippen LogP contribution in [0.5, 0.6) is 5.75 Å². The van der Waals surface area contributed by atoms with E-state index in [1.807, 2.05) is 24.8 Å². The molecule has 0 spiro atoms. The van der Waals surface area contributed by atoms with Gasteiger partial charge in [0.15, 0.2) is 0 Å². The van der Waals surface area contributed by atoms with Gasteiger partial charge in [0, 0.05) is 19.2 Å². The summed E-state index contributed by atoms with van der Waals surface area (Å²) in [7, 11) is 5.61. The Morgan fingerprint density at radius 1 is 1.26 bits per heavy atom. The average molecular weight is 259 g/mol. The Labute approximate surface area is 114 Å². The molecule has 0 fully saturated rings. The van der Waals surface area contributed by atoms with Crippen molar-refractivity contribution in [2.45, 2.75) is 20.4 Å². The molecule has 1 aromatic carbocycles. The van der Waals surface area contributed by atoms with Crippen LogP contribution in [-0.2, 0) is 13.6 Å². The van der Waals surface area contributed by atoms with Crippen LogP contribution >= 0.6 is 0 Å². The lowest BCUT2D eigenvalue weighted by Crippen LogP contribution is -2.05. The summed E-state index contributed by atoms with van der Waals surface area (Å²) in [6.07, 6.45) is 0. The van der Waals surface area contributed by atoms with E-state index >= 15 is 0 Å². The molecular weight excluding hydrogens is 238 g/mol. The molecule has 0 amide bonds. The molecule has 102 valence electrons. The van der Waals surface area contributed by atoms with Crippen molar-refractivity contribution in [1.29, 1.82) is 0 Å². The van der Waals surface area contributed by atoms with Gasteiger partial charge >= 0.3 is 0 Å². The van der Waals surface area contributed by atoms with Crippen molar-refractivity contribution in [2.75, 3.05) is 14.2 Å². The van der Waals surface area contributed by atoms with Gasteiger partial charge in [-0.25, -0.2) is 0 Å². The first kappa shape index (κ1) is 13.6. The number of methoxy groups -OCH3 is 1. The molecule has 19 heavy (non-hydrogen) atoms. The third-order valence-electron chi connectivity index (χ3n) is 3.52. The quantitative estimate of drug-likeness (QED) is 0.916. The summed E-state index contributed by atoms with van der Waals surface area (Å²) < 4.78 is 7.29. The normalized spacial score (nSPS) is 10.8. The number of nitrogens with one attached hydrogen (secondary N) is 1. The molecule has 1 heterocycles. The van der Waals surface area contributed by atoms with Gasteiger partial charge in [-0.05, 0) is 50.2 Å². The molecule has 2 rings (SSSR count). The van der Waals surface area contributed by atoms with Gasteiger partial charge in [0.1, 0.15) is 5.75 Å². The van der Waals surface area contributed by atoms with Crippen molar-refractivity contribution >= 4 is 0 Å².